The number of nitrogens with zero attached hydrogens (tertiary/aromatic N) is 11. The molecule has 0 aliphatic carbocycles. The van der Waals surface area contributed by atoms with Gasteiger partial charge < -0.3 is 30.3 Å². The summed E-state index contributed by atoms with van der Waals surface area (Å²) in [6.07, 6.45) is 11.0. The van der Waals surface area contributed by atoms with Crippen LogP contribution in [0, 0.1) is 34.5 Å². The van der Waals surface area contributed by atoms with Gasteiger partial charge in [0.05, 0.1) is 38.8 Å². The summed E-state index contributed by atoms with van der Waals surface area (Å²) in [7, 11) is 0. The van der Waals surface area contributed by atoms with Crippen LogP contribution in [0.2, 0.25) is 5.15 Å². The molecule has 0 bridgehead atoms. The molecule has 4 aliphatic rings. The Morgan fingerprint density at radius 2 is 1.17 bits per heavy atom. The molecule has 3 N–H and O–H groups in total. The van der Waals surface area contributed by atoms with Crippen molar-refractivity contribution >= 4 is 86.8 Å². The number of thiazole rings is 2. The molecule has 2 unspecified atom stereocenters. The maximum absolute atomic E-state index is 8.93. The number of hydrogen-bond acceptors (Lipinski definition) is 18. The quantitative estimate of drug-likeness (QED) is 0.160. The van der Waals surface area contributed by atoms with Crippen molar-refractivity contribution in [2.75, 3.05) is 94.3 Å². The van der Waals surface area contributed by atoms with Gasteiger partial charge in [-0.1, -0.05) is 34.3 Å². The highest BCUT2D eigenvalue weighted by atomic mass is 35.5. The van der Waals surface area contributed by atoms with E-state index in [0.717, 1.165) is 83.5 Å². The highest BCUT2D eigenvalue weighted by molar-refractivity contribution is 7.16. The number of anilines is 5. The zero-order valence-electron chi connectivity index (χ0n) is 33.3. The molecule has 4 aliphatic heterocycles. The SMILES string of the molecule is CC(C1CCN(c2cc(Nc3ncc(C#N)s3)ncn2)CC1)N1CCOCC1.CC(C1CCNCC1)N1CCOCC1.Cl.Cl.N#Cc1cnc(Nc2cc(Cl)ncn2)s1. The van der Waals surface area contributed by atoms with Crippen LogP contribution in [0.5, 0.6) is 0 Å². The normalized spacial score (nSPS) is 18.8. The van der Waals surface area contributed by atoms with E-state index < -0.39 is 0 Å². The van der Waals surface area contributed by atoms with E-state index >= 15 is 0 Å². The summed E-state index contributed by atoms with van der Waals surface area (Å²) < 4.78 is 10.9. The lowest BCUT2D eigenvalue weighted by atomic mass is 9.89. The molecule has 4 fully saturated rings. The fraction of sp³-hybridized carbons (Fsp3) is 0.579. The van der Waals surface area contributed by atoms with Crippen molar-refractivity contribution in [3.05, 3.63) is 52.1 Å². The van der Waals surface area contributed by atoms with Crippen molar-refractivity contribution in [3.8, 4) is 12.1 Å². The average molecular weight is 908 g/mol. The Morgan fingerprint density at radius 1 is 0.695 bits per heavy atom. The lowest BCUT2D eigenvalue weighted by Crippen LogP contribution is -2.48. The zero-order valence-corrected chi connectivity index (χ0v) is 37.4. The highest BCUT2D eigenvalue weighted by Gasteiger charge is 2.29. The molecular formula is C38H53Cl3N14O2S2. The van der Waals surface area contributed by atoms with E-state index in [1.165, 1.54) is 74.0 Å². The van der Waals surface area contributed by atoms with Gasteiger partial charge in [-0.15, -0.1) is 24.8 Å². The van der Waals surface area contributed by atoms with Crippen LogP contribution in [-0.4, -0.2) is 131 Å². The first-order chi connectivity index (χ1) is 27.9. The van der Waals surface area contributed by atoms with E-state index in [1.807, 2.05) is 12.1 Å². The van der Waals surface area contributed by atoms with Gasteiger partial charge in [0.15, 0.2) is 10.3 Å². The first-order valence-corrected chi connectivity index (χ1v) is 21.5. The van der Waals surface area contributed by atoms with Crippen molar-refractivity contribution in [2.45, 2.75) is 51.6 Å². The Bertz CT molecular complexity index is 1890. The molecule has 4 saturated heterocycles. The number of morpholine rings is 2. The molecule has 0 saturated carbocycles. The molecule has 8 heterocycles. The molecule has 2 atom stereocenters. The molecule has 0 aromatic carbocycles. The van der Waals surface area contributed by atoms with Crippen LogP contribution >= 0.6 is 59.1 Å². The maximum atomic E-state index is 8.93. The van der Waals surface area contributed by atoms with E-state index in [2.05, 4.69) is 80.5 Å². The van der Waals surface area contributed by atoms with Gasteiger partial charge in [0.2, 0.25) is 0 Å². The number of nitrogens with one attached hydrogen (secondary N) is 3. The molecule has 4 aromatic rings. The molecule has 0 amide bonds. The van der Waals surface area contributed by atoms with Crippen molar-refractivity contribution in [1.29, 1.82) is 10.5 Å². The summed E-state index contributed by atoms with van der Waals surface area (Å²) in [5.41, 5.74) is 0. The Kier molecular flexibility index (Phi) is 20.6. The summed E-state index contributed by atoms with van der Waals surface area (Å²) in [6, 6.07) is 8.99. The largest absolute Gasteiger partial charge is 0.379 e. The lowest BCUT2D eigenvalue weighted by molar-refractivity contribution is 0.00376. The fourth-order valence-electron chi connectivity index (χ4n) is 7.48. The number of rotatable bonds is 9. The van der Waals surface area contributed by atoms with Gasteiger partial charge in [-0.3, -0.25) is 9.80 Å². The molecule has 59 heavy (non-hydrogen) atoms. The first-order valence-electron chi connectivity index (χ1n) is 19.5. The number of hydrogen-bond donors (Lipinski definition) is 3. The van der Waals surface area contributed by atoms with E-state index in [1.54, 1.807) is 18.6 Å². The Labute approximate surface area is 371 Å². The van der Waals surface area contributed by atoms with Crippen LogP contribution in [0.15, 0.2) is 37.2 Å². The second-order valence-corrected chi connectivity index (χ2v) is 16.7. The van der Waals surface area contributed by atoms with Gasteiger partial charge in [-0.2, -0.15) is 10.5 Å². The van der Waals surface area contributed by atoms with Gasteiger partial charge in [-0.25, -0.2) is 29.9 Å². The minimum absolute atomic E-state index is 0. The van der Waals surface area contributed by atoms with E-state index in [0.29, 0.717) is 48.8 Å². The third-order valence-electron chi connectivity index (χ3n) is 10.8. The van der Waals surface area contributed by atoms with E-state index in [9.17, 15) is 0 Å². The summed E-state index contributed by atoms with van der Waals surface area (Å²) in [4.78, 5) is 33.2. The highest BCUT2D eigenvalue weighted by Crippen LogP contribution is 2.29. The van der Waals surface area contributed by atoms with Gasteiger partial charge >= 0.3 is 0 Å². The number of aromatic nitrogens is 6. The second kappa shape index (κ2) is 25.3. The monoisotopic (exact) mass is 906 g/mol. The van der Waals surface area contributed by atoms with Crippen molar-refractivity contribution < 1.29 is 9.47 Å². The van der Waals surface area contributed by atoms with Crippen molar-refractivity contribution in [2.24, 2.45) is 11.8 Å². The number of nitriles is 2. The average Bonchev–Trinajstić information content (AvgIpc) is 3.94. The molecule has 21 heteroatoms. The zero-order chi connectivity index (χ0) is 39.8. The second-order valence-electron chi connectivity index (χ2n) is 14.2. The lowest BCUT2D eigenvalue weighted by Gasteiger charge is -2.41. The summed E-state index contributed by atoms with van der Waals surface area (Å²) >= 11 is 8.25. The van der Waals surface area contributed by atoms with Crippen LogP contribution in [0.1, 0.15) is 49.3 Å². The summed E-state index contributed by atoms with van der Waals surface area (Å²) in [5.74, 6) is 3.80. The van der Waals surface area contributed by atoms with Crippen molar-refractivity contribution in [3.63, 3.8) is 0 Å². The predicted molar refractivity (Wildman–Crippen MR) is 238 cm³/mol. The minimum atomic E-state index is 0. The number of piperidine rings is 2. The fourth-order valence-corrected chi connectivity index (χ4v) is 8.87. The van der Waals surface area contributed by atoms with Crippen LogP contribution in [-0.2, 0) is 9.47 Å². The number of ether oxygens (including phenoxy) is 2. The van der Waals surface area contributed by atoms with Gasteiger partial charge in [-0.05, 0) is 64.5 Å². The van der Waals surface area contributed by atoms with Gasteiger partial charge in [0.25, 0.3) is 0 Å². The van der Waals surface area contributed by atoms with Crippen LogP contribution in [0.25, 0.3) is 0 Å². The molecule has 8 rings (SSSR count). The molecule has 0 radical (unpaired) electrons. The maximum Gasteiger partial charge on any atom is 0.189 e. The molecule has 16 nitrogen and oxygen atoms in total. The molecule has 0 spiro atoms. The van der Waals surface area contributed by atoms with Gasteiger partial charge in [0.1, 0.15) is 57.2 Å². The van der Waals surface area contributed by atoms with E-state index in [4.69, 9.17) is 31.6 Å². The van der Waals surface area contributed by atoms with Crippen LogP contribution in [0.3, 0.4) is 0 Å². The predicted octanol–water partition coefficient (Wildman–Crippen LogP) is 6.24. The van der Waals surface area contributed by atoms with Gasteiger partial charge in [0, 0.05) is 63.5 Å². The molecule has 4 aromatic heterocycles. The summed E-state index contributed by atoms with van der Waals surface area (Å²) in [6.45, 7) is 17.1. The summed E-state index contributed by atoms with van der Waals surface area (Å²) in [5, 5.41) is 28.7. The van der Waals surface area contributed by atoms with Crippen molar-refractivity contribution in [1.82, 2.24) is 45.0 Å². The number of halogens is 3. The topological polar surface area (TPSA) is 189 Å². The Morgan fingerprint density at radius 3 is 1.64 bits per heavy atom. The minimum Gasteiger partial charge on any atom is -0.379 e. The third-order valence-corrected chi connectivity index (χ3v) is 12.7. The first kappa shape index (κ1) is 48.1. The third kappa shape index (κ3) is 14.9. The van der Waals surface area contributed by atoms with Crippen LogP contribution < -0.4 is 20.9 Å². The Balaban J connectivity index is 0.000000210. The molecular weight excluding hydrogens is 855 g/mol. The molecule has 320 valence electrons. The van der Waals surface area contributed by atoms with Crippen LogP contribution in [0.4, 0.5) is 27.7 Å². The standard InChI is InChI=1S/C19H25N7OS.C11H22N2O.C8H4ClN5S.2ClH/c1-14(25-6-8-27-9-7-25)15-2-4-26(5-3-15)18-10-17(22-13-23-18)24-19-21-12-16(11-20)28-19;1-10(11-2-4-12-5-3-11)13-6-8-14-9-7-13;9-6-1-7(13-4-12-6)14-8-11-3-5(2-10)15-8;;/h10,12-15H,2-9H2,1H3,(H,21,22,23,24);10-12H,2-9H2,1H3;1,3-4H,(H,11,12,13,14);2*1H. The Hall–Kier alpha value is -3.53. The van der Waals surface area contributed by atoms with E-state index in [-0.39, 0.29) is 24.8 Å². The smallest absolute Gasteiger partial charge is 0.189 e.